The maximum Gasteiger partial charge on any atom is 0.143 e. The van der Waals surface area contributed by atoms with Gasteiger partial charge in [-0.05, 0) is 47.6 Å². The van der Waals surface area contributed by atoms with Crippen molar-refractivity contribution in [2.24, 2.45) is 0 Å². The molecule has 2 atom stereocenters. The molecule has 3 heterocycles. The Balaban J connectivity index is 1.75. The zero-order valence-corrected chi connectivity index (χ0v) is 16.5. The predicted octanol–water partition coefficient (Wildman–Crippen LogP) is 4.66. The molecule has 0 spiro atoms. The molecule has 0 saturated carbocycles. The SMILES string of the molecule is C=Cc1cc(Nc2ncnc3[nH]c4c(c23)CS(=O)CC4)ccc1C(C)CC. The molecule has 1 aliphatic rings. The minimum atomic E-state index is -0.822. The molecule has 6 heteroatoms. The van der Waals surface area contributed by atoms with Crippen LogP contribution in [-0.2, 0) is 23.0 Å². The Morgan fingerprint density at radius 1 is 1.41 bits per heavy atom. The van der Waals surface area contributed by atoms with Crippen LogP contribution < -0.4 is 5.32 Å². The van der Waals surface area contributed by atoms with E-state index in [1.54, 1.807) is 6.33 Å². The first kappa shape index (κ1) is 17.9. The summed E-state index contributed by atoms with van der Waals surface area (Å²) < 4.78 is 12.1. The van der Waals surface area contributed by atoms with Crippen LogP contribution in [0.4, 0.5) is 11.5 Å². The van der Waals surface area contributed by atoms with Crippen LogP contribution in [-0.4, -0.2) is 24.9 Å². The van der Waals surface area contributed by atoms with E-state index < -0.39 is 10.8 Å². The summed E-state index contributed by atoms with van der Waals surface area (Å²) in [6, 6.07) is 6.35. The Labute approximate surface area is 161 Å². The molecule has 0 aliphatic carbocycles. The third kappa shape index (κ3) is 3.30. The first-order valence-electron chi connectivity index (χ1n) is 9.33. The van der Waals surface area contributed by atoms with Crippen LogP contribution in [0.2, 0.25) is 0 Å². The first-order valence-corrected chi connectivity index (χ1v) is 10.8. The number of hydrogen-bond acceptors (Lipinski definition) is 4. The Kier molecular flexibility index (Phi) is 4.83. The van der Waals surface area contributed by atoms with Crippen LogP contribution >= 0.6 is 0 Å². The van der Waals surface area contributed by atoms with Crippen molar-refractivity contribution in [2.45, 2.75) is 38.4 Å². The Hall–Kier alpha value is -2.47. The van der Waals surface area contributed by atoms with Gasteiger partial charge in [-0.2, -0.15) is 0 Å². The summed E-state index contributed by atoms with van der Waals surface area (Å²) in [6.45, 7) is 8.40. The lowest BCUT2D eigenvalue weighted by Crippen LogP contribution is -2.12. The normalized spacial score (nSPS) is 17.5. The molecule has 27 heavy (non-hydrogen) atoms. The number of nitrogens with zero attached hydrogens (tertiary/aromatic N) is 2. The molecule has 140 valence electrons. The van der Waals surface area contributed by atoms with Crippen molar-refractivity contribution >= 4 is 39.4 Å². The van der Waals surface area contributed by atoms with Gasteiger partial charge in [-0.3, -0.25) is 4.21 Å². The maximum absolute atomic E-state index is 12.1. The Bertz CT molecular complexity index is 1040. The van der Waals surface area contributed by atoms with Gasteiger partial charge in [-0.25, -0.2) is 9.97 Å². The van der Waals surface area contributed by atoms with E-state index in [-0.39, 0.29) is 0 Å². The van der Waals surface area contributed by atoms with E-state index in [1.165, 1.54) is 5.56 Å². The van der Waals surface area contributed by atoms with Crippen LogP contribution in [0.3, 0.4) is 0 Å². The van der Waals surface area contributed by atoms with Gasteiger partial charge in [0.25, 0.3) is 0 Å². The van der Waals surface area contributed by atoms with Gasteiger partial charge in [-0.1, -0.05) is 32.6 Å². The number of anilines is 2. The maximum atomic E-state index is 12.1. The predicted molar refractivity (Wildman–Crippen MR) is 113 cm³/mol. The zero-order valence-electron chi connectivity index (χ0n) is 15.7. The summed E-state index contributed by atoms with van der Waals surface area (Å²) in [5, 5.41) is 4.39. The Morgan fingerprint density at radius 2 is 2.26 bits per heavy atom. The number of fused-ring (bicyclic) bond motifs is 3. The highest BCUT2D eigenvalue weighted by Crippen LogP contribution is 2.33. The lowest BCUT2D eigenvalue weighted by atomic mass is 9.93. The van der Waals surface area contributed by atoms with Crippen LogP contribution in [0.1, 0.15) is 48.6 Å². The summed E-state index contributed by atoms with van der Waals surface area (Å²) in [4.78, 5) is 12.2. The third-order valence-electron chi connectivity index (χ3n) is 5.38. The van der Waals surface area contributed by atoms with Crippen molar-refractivity contribution in [1.82, 2.24) is 15.0 Å². The molecule has 0 amide bonds. The monoisotopic (exact) mass is 380 g/mol. The molecule has 3 aromatic rings. The van der Waals surface area contributed by atoms with E-state index in [0.29, 0.717) is 17.4 Å². The molecular weight excluding hydrogens is 356 g/mol. The van der Waals surface area contributed by atoms with Gasteiger partial charge in [0.05, 0.1) is 11.1 Å². The Morgan fingerprint density at radius 3 is 3.04 bits per heavy atom. The van der Waals surface area contributed by atoms with Crippen molar-refractivity contribution in [1.29, 1.82) is 0 Å². The second-order valence-corrected chi connectivity index (χ2v) is 8.62. The fourth-order valence-electron chi connectivity index (χ4n) is 3.69. The molecule has 1 aromatic carbocycles. The number of aromatic amines is 1. The van der Waals surface area contributed by atoms with Crippen molar-refractivity contribution in [3.05, 3.63) is 53.5 Å². The van der Waals surface area contributed by atoms with E-state index in [4.69, 9.17) is 0 Å². The van der Waals surface area contributed by atoms with Crippen molar-refractivity contribution in [3.63, 3.8) is 0 Å². The van der Waals surface area contributed by atoms with Crippen LogP contribution in [0.15, 0.2) is 31.1 Å². The van der Waals surface area contributed by atoms with Gasteiger partial charge >= 0.3 is 0 Å². The summed E-state index contributed by atoms with van der Waals surface area (Å²) >= 11 is 0. The zero-order chi connectivity index (χ0) is 19.0. The van der Waals surface area contributed by atoms with Gasteiger partial charge in [0.15, 0.2) is 0 Å². The minimum absolute atomic E-state index is 0.490. The van der Waals surface area contributed by atoms with Crippen molar-refractivity contribution in [2.75, 3.05) is 11.1 Å². The molecule has 2 aromatic heterocycles. The fraction of sp³-hybridized carbons (Fsp3) is 0.333. The average molecular weight is 381 g/mol. The van der Waals surface area contributed by atoms with Crippen molar-refractivity contribution in [3.8, 4) is 0 Å². The number of aryl methyl sites for hydroxylation is 1. The topological polar surface area (TPSA) is 70.7 Å². The fourth-order valence-corrected chi connectivity index (χ4v) is 4.90. The molecule has 0 bridgehead atoms. The van der Waals surface area contributed by atoms with Gasteiger partial charge in [0.2, 0.25) is 0 Å². The van der Waals surface area contributed by atoms with Crippen LogP contribution in [0, 0.1) is 0 Å². The molecule has 0 saturated heterocycles. The lowest BCUT2D eigenvalue weighted by Gasteiger charge is -2.16. The lowest BCUT2D eigenvalue weighted by molar-refractivity contribution is 0.679. The number of rotatable bonds is 5. The van der Waals surface area contributed by atoms with Gasteiger partial charge in [-0.15, -0.1) is 0 Å². The highest BCUT2D eigenvalue weighted by Gasteiger charge is 2.22. The highest BCUT2D eigenvalue weighted by molar-refractivity contribution is 7.84. The number of benzene rings is 1. The smallest absolute Gasteiger partial charge is 0.143 e. The van der Waals surface area contributed by atoms with Crippen LogP contribution in [0.25, 0.3) is 17.1 Å². The molecule has 2 N–H and O–H groups in total. The average Bonchev–Trinajstić information content (AvgIpc) is 3.06. The molecule has 1 aliphatic heterocycles. The summed E-state index contributed by atoms with van der Waals surface area (Å²) in [7, 11) is -0.822. The third-order valence-corrected chi connectivity index (χ3v) is 6.65. The second-order valence-electron chi connectivity index (χ2n) is 7.05. The summed E-state index contributed by atoms with van der Waals surface area (Å²) in [5.74, 6) is 2.50. The van der Waals surface area contributed by atoms with Crippen LogP contribution in [0.5, 0.6) is 0 Å². The summed E-state index contributed by atoms with van der Waals surface area (Å²) in [5.41, 5.74) is 6.42. The van der Waals surface area contributed by atoms with E-state index in [2.05, 4.69) is 58.9 Å². The highest BCUT2D eigenvalue weighted by atomic mass is 32.2. The number of H-pyrrole nitrogens is 1. The van der Waals surface area contributed by atoms with Gasteiger partial charge in [0, 0.05) is 27.9 Å². The van der Waals surface area contributed by atoms with E-state index in [1.807, 2.05) is 6.08 Å². The van der Waals surface area contributed by atoms with Gasteiger partial charge in [0.1, 0.15) is 17.8 Å². The molecule has 5 nitrogen and oxygen atoms in total. The number of hydrogen-bond donors (Lipinski definition) is 2. The van der Waals surface area contributed by atoms with Gasteiger partial charge < -0.3 is 10.3 Å². The molecular formula is C21H24N4OS. The first-order chi connectivity index (χ1) is 13.1. The van der Waals surface area contributed by atoms with E-state index >= 15 is 0 Å². The molecule has 0 fully saturated rings. The minimum Gasteiger partial charge on any atom is -0.343 e. The van der Waals surface area contributed by atoms with E-state index in [0.717, 1.165) is 52.2 Å². The standard InChI is InChI=1S/C21H24N4OS/c1-4-13(3)16-7-6-15(10-14(16)5-2)24-20-19-17-11-27(26)9-8-18(17)25-21(19)23-12-22-20/h5-7,10,12-13H,2,4,8-9,11H2,1,3H3,(H2,22,23,24,25). The molecule has 4 rings (SSSR count). The summed E-state index contributed by atoms with van der Waals surface area (Å²) in [6.07, 6.45) is 5.35. The number of aromatic nitrogens is 3. The van der Waals surface area contributed by atoms with Crippen molar-refractivity contribution < 1.29 is 4.21 Å². The molecule has 2 unspecified atom stereocenters. The van der Waals surface area contributed by atoms with E-state index in [9.17, 15) is 4.21 Å². The quantitative estimate of drug-likeness (QED) is 0.675. The molecule has 0 radical (unpaired) electrons. The largest absolute Gasteiger partial charge is 0.343 e. The number of nitrogens with one attached hydrogen (secondary N) is 2. The second kappa shape index (κ2) is 7.27.